The van der Waals surface area contributed by atoms with Crippen LogP contribution in [0, 0.1) is 0 Å². The summed E-state index contributed by atoms with van der Waals surface area (Å²) in [6.45, 7) is 3.64. The van der Waals surface area contributed by atoms with Crippen LogP contribution in [0.15, 0.2) is 30.3 Å². The van der Waals surface area contributed by atoms with Crippen molar-refractivity contribution < 1.29 is 5.11 Å². The van der Waals surface area contributed by atoms with E-state index >= 15 is 0 Å². The van der Waals surface area contributed by atoms with Gasteiger partial charge >= 0.3 is 0 Å². The monoisotopic (exact) mass is 223 g/mol. The van der Waals surface area contributed by atoms with Gasteiger partial charge in [0.15, 0.2) is 7.98 Å². The van der Waals surface area contributed by atoms with Gasteiger partial charge in [0.05, 0.1) is 6.10 Å². The molecule has 1 rings (SSSR count). The quantitative estimate of drug-likeness (QED) is 0.585. The molecule has 3 atom stereocenters. The maximum Gasteiger partial charge on any atom is 0.185 e. The molecule has 0 amide bonds. The minimum absolute atomic E-state index is 0.235. The van der Waals surface area contributed by atoms with Crippen LogP contribution in [0.2, 0.25) is 0 Å². The summed E-state index contributed by atoms with van der Waals surface area (Å²) in [5, 5.41) is 9.39. The molecule has 0 saturated carbocycles. The maximum absolute atomic E-state index is 9.39. The van der Waals surface area contributed by atoms with E-state index in [1.54, 1.807) is 0 Å². The third-order valence-electron chi connectivity index (χ3n) is 2.44. The summed E-state index contributed by atoms with van der Waals surface area (Å²) < 4.78 is 0. The first-order valence-electron chi connectivity index (χ1n) is 5.25. The Kier molecular flexibility index (Phi) is 5.31. The average Bonchev–Trinajstić information content (AvgIpc) is 2.18. The van der Waals surface area contributed by atoms with Gasteiger partial charge in [-0.1, -0.05) is 30.3 Å². The summed E-state index contributed by atoms with van der Waals surface area (Å²) in [7, 11) is 4.77. The van der Waals surface area contributed by atoms with E-state index in [-0.39, 0.29) is 11.8 Å². The standard InChI is InChI=1S/C11H19BNOP/c1-9(14)11(15)8-13(12)7-10-5-3-2-4-6-10/h2-6,9,11,14H,7-8,12,15H2,1H3. The molecule has 0 saturated heterocycles. The molecule has 0 heterocycles. The predicted octanol–water partition coefficient (Wildman–Crippen LogP) is 0.661. The molecule has 0 bridgehead atoms. The van der Waals surface area contributed by atoms with E-state index in [1.807, 2.05) is 13.0 Å². The highest BCUT2D eigenvalue weighted by atomic mass is 31.0. The molecule has 0 aromatic heterocycles. The maximum atomic E-state index is 9.39. The Morgan fingerprint density at radius 2 is 2.00 bits per heavy atom. The van der Waals surface area contributed by atoms with Crippen molar-refractivity contribution in [3.8, 4) is 0 Å². The largest absolute Gasteiger partial charge is 0.393 e. The summed E-state index contributed by atoms with van der Waals surface area (Å²) in [5.41, 5.74) is 1.54. The molecule has 0 aliphatic heterocycles. The fourth-order valence-corrected chi connectivity index (χ4v) is 1.83. The highest BCUT2D eigenvalue weighted by Gasteiger charge is 2.11. The lowest BCUT2D eigenvalue weighted by atomic mass is 10.1. The van der Waals surface area contributed by atoms with Crippen LogP contribution >= 0.6 is 9.24 Å². The number of hydrogen-bond acceptors (Lipinski definition) is 2. The zero-order valence-electron chi connectivity index (χ0n) is 9.43. The average molecular weight is 223 g/mol. The molecular formula is C11H19BNOP. The van der Waals surface area contributed by atoms with Crippen molar-refractivity contribution in [2.45, 2.75) is 25.2 Å². The molecule has 4 heteroatoms. The number of rotatable bonds is 5. The topological polar surface area (TPSA) is 23.5 Å². The van der Waals surface area contributed by atoms with Crippen LogP contribution in [0.4, 0.5) is 0 Å². The molecule has 0 radical (unpaired) electrons. The van der Waals surface area contributed by atoms with Crippen molar-refractivity contribution in [1.29, 1.82) is 0 Å². The molecular weight excluding hydrogens is 204 g/mol. The number of hydrogen-bond donors (Lipinski definition) is 1. The van der Waals surface area contributed by atoms with Crippen molar-refractivity contribution in [3.05, 3.63) is 35.9 Å². The fraction of sp³-hybridized carbons (Fsp3) is 0.455. The molecule has 82 valence electrons. The molecule has 0 aliphatic carbocycles. The zero-order valence-corrected chi connectivity index (χ0v) is 10.6. The fourth-order valence-electron chi connectivity index (χ4n) is 1.47. The van der Waals surface area contributed by atoms with Gasteiger partial charge < -0.3 is 9.92 Å². The van der Waals surface area contributed by atoms with Gasteiger partial charge in [-0.05, 0) is 19.0 Å². The van der Waals surface area contributed by atoms with Crippen molar-refractivity contribution in [2.24, 2.45) is 0 Å². The highest BCUT2D eigenvalue weighted by molar-refractivity contribution is 7.17. The Morgan fingerprint density at radius 1 is 1.40 bits per heavy atom. The molecule has 0 aliphatic rings. The lowest BCUT2D eigenvalue weighted by Gasteiger charge is -2.23. The van der Waals surface area contributed by atoms with Crippen molar-refractivity contribution in [2.75, 3.05) is 6.54 Å². The number of benzene rings is 1. The molecule has 15 heavy (non-hydrogen) atoms. The second-order valence-electron chi connectivity index (χ2n) is 4.09. The smallest absolute Gasteiger partial charge is 0.185 e. The van der Waals surface area contributed by atoms with Crippen LogP contribution in [-0.4, -0.2) is 36.2 Å². The van der Waals surface area contributed by atoms with Crippen molar-refractivity contribution in [1.82, 2.24) is 4.81 Å². The van der Waals surface area contributed by atoms with Crippen LogP contribution in [0.5, 0.6) is 0 Å². The molecule has 0 fully saturated rings. The lowest BCUT2D eigenvalue weighted by Crippen LogP contribution is -2.32. The molecule has 3 unspecified atom stereocenters. The predicted molar refractivity (Wildman–Crippen MR) is 70.6 cm³/mol. The van der Waals surface area contributed by atoms with E-state index in [2.05, 4.69) is 46.3 Å². The number of nitrogens with zero attached hydrogens (tertiary/aromatic N) is 1. The van der Waals surface area contributed by atoms with Gasteiger partial charge in [-0.2, -0.15) is 0 Å². The van der Waals surface area contributed by atoms with E-state index in [9.17, 15) is 5.11 Å². The van der Waals surface area contributed by atoms with Gasteiger partial charge in [-0.15, -0.1) is 9.24 Å². The molecule has 0 spiro atoms. The van der Waals surface area contributed by atoms with Gasteiger partial charge in [0.1, 0.15) is 0 Å². The van der Waals surface area contributed by atoms with Gasteiger partial charge in [0.2, 0.25) is 0 Å². The van der Waals surface area contributed by atoms with Crippen molar-refractivity contribution in [3.63, 3.8) is 0 Å². The number of aliphatic hydroxyl groups is 1. The Bertz CT molecular complexity index is 281. The highest BCUT2D eigenvalue weighted by Crippen LogP contribution is 2.09. The molecule has 1 aromatic rings. The summed E-state index contributed by atoms with van der Waals surface area (Å²) in [6.07, 6.45) is -0.270. The van der Waals surface area contributed by atoms with Crippen LogP contribution in [-0.2, 0) is 6.54 Å². The summed E-state index contributed by atoms with van der Waals surface area (Å²) in [6, 6.07) is 10.4. The van der Waals surface area contributed by atoms with Gasteiger partial charge in [0.25, 0.3) is 0 Å². The minimum atomic E-state index is -0.270. The van der Waals surface area contributed by atoms with E-state index in [0.29, 0.717) is 0 Å². The van der Waals surface area contributed by atoms with Crippen molar-refractivity contribution >= 4 is 17.2 Å². The first-order chi connectivity index (χ1) is 7.09. The van der Waals surface area contributed by atoms with E-state index < -0.39 is 0 Å². The molecule has 1 aromatic carbocycles. The second-order valence-corrected chi connectivity index (χ2v) is 4.94. The Labute approximate surface area is 95.3 Å². The Morgan fingerprint density at radius 3 is 2.53 bits per heavy atom. The Hall–Kier alpha value is -0.365. The first-order valence-corrected chi connectivity index (χ1v) is 5.92. The molecule has 1 N–H and O–H groups in total. The van der Waals surface area contributed by atoms with Crippen LogP contribution in [0.1, 0.15) is 12.5 Å². The van der Waals surface area contributed by atoms with E-state index in [4.69, 9.17) is 0 Å². The lowest BCUT2D eigenvalue weighted by molar-refractivity contribution is 0.180. The molecule has 2 nitrogen and oxygen atoms in total. The van der Waals surface area contributed by atoms with Gasteiger partial charge in [-0.25, -0.2) is 0 Å². The van der Waals surface area contributed by atoms with Crippen LogP contribution < -0.4 is 0 Å². The van der Waals surface area contributed by atoms with Gasteiger partial charge in [0, 0.05) is 12.2 Å². The first kappa shape index (κ1) is 12.7. The minimum Gasteiger partial charge on any atom is -0.393 e. The SMILES string of the molecule is BN(Cc1ccccc1)CC(P)C(C)O. The Balaban J connectivity index is 2.39. The summed E-state index contributed by atoms with van der Waals surface area (Å²) in [5.74, 6) is 0. The summed E-state index contributed by atoms with van der Waals surface area (Å²) in [4.78, 5) is 2.22. The van der Waals surface area contributed by atoms with Crippen LogP contribution in [0.3, 0.4) is 0 Å². The van der Waals surface area contributed by atoms with E-state index in [1.165, 1.54) is 5.56 Å². The van der Waals surface area contributed by atoms with E-state index in [0.717, 1.165) is 13.1 Å². The zero-order chi connectivity index (χ0) is 11.3. The summed E-state index contributed by atoms with van der Waals surface area (Å²) >= 11 is 0. The van der Waals surface area contributed by atoms with Crippen LogP contribution in [0.25, 0.3) is 0 Å². The number of aliphatic hydroxyl groups excluding tert-OH is 1. The third kappa shape index (κ3) is 4.79. The third-order valence-corrected chi connectivity index (χ3v) is 3.21. The normalized spacial score (nSPS) is 15.2. The van der Waals surface area contributed by atoms with Gasteiger partial charge in [-0.3, -0.25) is 0 Å². The second kappa shape index (κ2) is 6.27.